The maximum atomic E-state index is 14.3. The van der Waals surface area contributed by atoms with Gasteiger partial charge in [-0.3, -0.25) is 14.5 Å². The number of carbonyl (C=O) groups excluding carboxylic acids is 2. The van der Waals surface area contributed by atoms with E-state index in [4.69, 9.17) is 25.8 Å². The van der Waals surface area contributed by atoms with E-state index in [0.717, 1.165) is 28.3 Å². The van der Waals surface area contributed by atoms with Crippen LogP contribution in [0.2, 0.25) is 5.02 Å². The van der Waals surface area contributed by atoms with E-state index < -0.39 is 40.9 Å². The summed E-state index contributed by atoms with van der Waals surface area (Å²) in [6.07, 6.45) is -2.45. The second-order valence-corrected chi connectivity index (χ2v) is 13.1. The molecule has 3 aromatic rings. The molecular formula is C32H39ClF3N7O6. The van der Waals surface area contributed by atoms with Gasteiger partial charge in [-0.25, -0.2) is 4.79 Å². The number of piperazine rings is 1. The lowest BCUT2D eigenvalue weighted by Crippen LogP contribution is -2.58. The molecule has 2 aliphatic rings. The SMILES string of the molecule is CCc1c(N2CCN(C(=O)OC(C)(C)C)C(COC)C2)c(=O)n2nc(C3=CCOCC3)nc2n1CC(=O)Nc1ccc(C(F)(F)F)cc1Cl. The lowest BCUT2D eigenvalue weighted by atomic mass is 10.1. The monoisotopic (exact) mass is 709 g/mol. The highest BCUT2D eigenvalue weighted by Crippen LogP contribution is 2.34. The first-order valence-corrected chi connectivity index (χ1v) is 16.2. The highest BCUT2D eigenvalue weighted by Gasteiger charge is 2.36. The molecule has 17 heteroatoms. The zero-order chi connectivity index (χ0) is 35.7. The molecule has 1 saturated heterocycles. The molecular weight excluding hydrogens is 671 g/mol. The Labute approximate surface area is 285 Å². The van der Waals surface area contributed by atoms with Crippen LogP contribution in [0.25, 0.3) is 11.4 Å². The number of benzene rings is 1. The Hall–Kier alpha value is -4.15. The van der Waals surface area contributed by atoms with E-state index in [9.17, 15) is 27.6 Å². The number of fused-ring (bicyclic) bond motifs is 1. The third-order valence-electron chi connectivity index (χ3n) is 8.07. The van der Waals surface area contributed by atoms with Crippen LogP contribution >= 0.6 is 11.6 Å². The summed E-state index contributed by atoms with van der Waals surface area (Å²) in [6.45, 7) is 8.51. The molecule has 1 fully saturated rings. The lowest BCUT2D eigenvalue weighted by Gasteiger charge is -2.42. The molecule has 0 aliphatic carbocycles. The van der Waals surface area contributed by atoms with E-state index in [1.807, 2.05) is 17.9 Å². The van der Waals surface area contributed by atoms with Gasteiger partial charge in [0.2, 0.25) is 11.7 Å². The molecule has 0 saturated carbocycles. The summed E-state index contributed by atoms with van der Waals surface area (Å²) in [4.78, 5) is 49.0. The van der Waals surface area contributed by atoms with Crippen LogP contribution in [0.15, 0.2) is 29.1 Å². The number of nitrogens with zero attached hydrogens (tertiary/aromatic N) is 6. The normalized spacial score (nSPS) is 17.3. The van der Waals surface area contributed by atoms with E-state index >= 15 is 0 Å². The van der Waals surface area contributed by atoms with E-state index in [1.165, 1.54) is 7.11 Å². The predicted molar refractivity (Wildman–Crippen MR) is 176 cm³/mol. The number of rotatable bonds is 8. The van der Waals surface area contributed by atoms with Crippen LogP contribution in [0.1, 0.15) is 51.2 Å². The Kier molecular flexibility index (Phi) is 10.6. The zero-order valence-electron chi connectivity index (χ0n) is 27.9. The van der Waals surface area contributed by atoms with E-state index in [0.29, 0.717) is 37.6 Å². The maximum Gasteiger partial charge on any atom is 0.416 e. The fourth-order valence-electron chi connectivity index (χ4n) is 5.88. The molecule has 0 radical (unpaired) electrons. The average Bonchev–Trinajstić information content (AvgIpc) is 3.48. The second kappa shape index (κ2) is 14.4. The Balaban J connectivity index is 1.56. The number of methoxy groups -OCH3 is 1. The minimum absolute atomic E-state index is 0.00908. The number of aromatic nitrogens is 4. The molecule has 0 bridgehead atoms. The number of alkyl halides is 3. The van der Waals surface area contributed by atoms with Crippen molar-refractivity contribution < 1.29 is 37.0 Å². The van der Waals surface area contributed by atoms with Crippen molar-refractivity contribution in [2.75, 3.05) is 56.8 Å². The van der Waals surface area contributed by atoms with Gasteiger partial charge in [0.15, 0.2) is 5.82 Å². The largest absolute Gasteiger partial charge is 0.444 e. The van der Waals surface area contributed by atoms with Crippen molar-refractivity contribution >= 4 is 46.3 Å². The number of nitrogens with one attached hydrogen (secondary N) is 1. The van der Waals surface area contributed by atoms with Crippen LogP contribution < -0.4 is 15.8 Å². The molecule has 2 amide bonds. The van der Waals surface area contributed by atoms with Crippen LogP contribution in [0, 0.1) is 0 Å². The van der Waals surface area contributed by atoms with Gasteiger partial charge in [0.1, 0.15) is 17.8 Å². The molecule has 2 aliphatic heterocycles. The number of halogens is 4. The standard InChI is InChI=1S/C32H39ClF3N7O6/c1-6-24-26(40-11-12-41(21(16-40)18-47-5)30(46)49-31(2,3)4)28(45)43-29(38-27(39-43)19-9-13-48-14-10-19)42(24)17-25(44)37-23-8-7-20(15-22(23)33)32(34,35)36/h7-9,15,21H,6,10-14,16-18H2,1-5H3,(H,37,44). The highest BCUT2D eigenvalue weighted by atomic mass is 35.5. The van der Waals surface area contributed by atoms with E-state index in [-0.39, 0.29) is 55.0 Å². The maximum absolute atomic E-state index is 14.3. The van der Waals surface area contributed by atoms with Crippen LogP contribution in [0.3, 0.4) is 0 Å². The molecule has 1 N–H and O–H groups in total. The number of amides is 2. The van der Waals surface area contributed by atoms with Crippen molar-refractivity contribution in [3.8, 4) is 0 Å². The first-order valence-electron chi connectivity index (χ1n) is 15.8. The van der Waals surface area contributed by atoms with Gasteiger partial charge in [-0.15, -0.1) is 5.10 Å². The Bertz CT molecular complexity index is 1820. The fraction of sp³-hybridized carbons (Fsp3) is 0.531. The van der Waals surface area contributed by atoms with Crippen molar-refractivity contribution in [2.24, 2.45) is 0 Å². The van der Waals surface area contributed by atoms with Crippen molar-refractivity contribution in [3.05, 3.63) is 56.7 Å². The number of anilines is 2. The topological polar surface area (TPSA) is 133 Å². The summed E-state index contributed by atoms with van der Waals surface area (Å²) in [6, 6.07) is 2.19. The number of carbonyl (C=O) groups is 2. The minimum atomic E-state index is -4.61. The summed E-state index contributed by atoms with van der Waals surface area (Å²) in [7, 11) is 1.52. The minimum Gasteiger partial charge on any atom is -0.444 e. The summed E-state index contributed by atoms with van der Waals surface area (Å²) in [5.74, 6) is -0.191. The van der Waals surface area contributed by atoms with Gasteiger partial charge in [0.05, 0.1) is 47.8 Å². The van der Waals surface area contributed by atoms with Crippen LogP contribution in [-0.2, 0) is 38.1 Å². The molecule has 1 unspecified atom stereocenters. The number of hydrogen-bond acceptors (Lipinski definition) is 9. The quantitative estimate of drug-likeness (QED) is 0.355. The third kappa shape index (κ3) is 8.02. The van der Waals surface area contributed by atoms with E-state index in [1.54, 1.807) is 30.2 Å². The molecule has 49 heavy (non-hydrogen) atoms. The third-order valence-corrected chi connectivity index (χ3v) is 8.38. The van der Waals surface area contributed by atoms with Gasteiger partial charge in [-0.05, 0) is 57.4 Å². The van der Waals surface area contributed by atoms with Gasteiger partial charge >= 0.3 is 12.3 Å². The number of hydrogen-bond donors (Lipinski definition) is 1. The molecule has 2 aromatic heterocycles. The lowest BCUT2D eigenvalue weighted by molar-refractivity contribution is -0.137. The molecule has 1 aromatic carbocycles. The summed E-state index contributed by atoms with van der Waals surface area (Å²) in [5, 5.41) is 6.86. The van der Waals surface area contributed by atoms with E-state index in [2.05, 4.69) is 15.4 Å². The predicted octanol–water partition coefficient (Wildman–Crippen LogP) is 4.64. The van der Waals surface area contributed by atoms with Crippen molar-refractivity contribution in [1.29, 1.82) is 0 Å². The van der Waals surface area contributed by atoms with Crippen LogP contribution in [-0.4, -0.2) is 94.3 Å². The molecule has 4 heterocycles. The first kappa shape index (κ1) is 36.1. The van der Waals surface area contributed by atoms with Gasteiger partial charge in [-0.1, -0.05) is 24.6 Å². The molecule has 266 valence electrons. The molecule has 1 atom stereocenters. The van der Waals surface area contributed by atoms with Crippen LogP contribution in [0.5, 0.6) is 0 Å². The smallest absolute Gasteiger partial charge is 0.416 e. The highest BCUT2D eigenvalue weighted by molar-refractivity contribution is 6.33. The summed E-state index contributed by atoms with van der Waals surface area (Å²) < 4.78 is 58.8. The van der Waals surface area contributed by atoms with Crippen molar-refractivity contribution in [1.82, 2.24) is 24.1 Å². The van der Waals surface area contributed by atoms with Crippen molar-refractivity contribution in [2.45, 2.75) is 64.9 Å². The molecule has 5 rings (SSSR count). The molecule has 0 spiro atoms. The first-order chi connectivity index (χ1) is 23.1. The van der Waals surface area contributed by atoms with Gasteiger partial charge in [-0.2, -0.15) is 22.7 Å². The second-order valence-electron chi connectivity index (χ2n) is 12.7. The molecule has 13 nitrogen and oxygen atoms in total. The zero-order valence-corrected chi connectivity index (χ0v) is 28.7. The Morgan fingerprint density at radius 2 is 1.94 bits per heavy atom. The van der Waals surface area contributed by atoms with Crippen molar-refractivity contribution in [3.63, 3.8) is 0 Å². The van der Waals surface area contributed by atoms with Gasteiger partial charge in [0.25, 0.3) is 5.56 Å². The fourth-order valence-corrected chi connectivity index (χ4v) is 6.10. The number of ether oxygens (including phenoxy) is 3. The average molecular weight is 710 g/mol. The Morgan fingerprint density at radius 1 is 1.18 bits per heavy atom. The summed E-state index contributed by atoms with van der Waals surface area (Å²) >= 11 is 6.12. The van der Waals surface area contributed by atoms with Crippen LogP contribution in [0.4, 0.5) is 29.3 Å². The Morgan fingerprint density at radius 3 is 2.55 bits per heavy atom. The van der Waals surface area contributed by atoms with Gasteiger partial charge in [0, 0.05) is 26.7 Å². The summed E-state index contributed by atoms with van der Waals surface area (Å²) in [5.41, 5.74) is -0.589. The van der Waals surface area contributed by atoms with Gasteiger partial charge < -0.3 is 29.0 Å².